The first-order valence-corrected chi connectivity index (χ1v) is 8.98. The van der Waals surface area contributed by atoms with Gasteiger partial charge in [0, 0.05) is 29.3 Å². The number of amides is 1. The van der Waals surface area contributed by atoms with Crippen LogP contribution in [0.5, 0.6) is 0 Å². The molecule has 2 aromatic carbocycles. The quantitative estimate of drug-likeness (QED) is 0.462. The van der Waals surface area contributed by atoms with Crippen molar-refractivity contribution in [2.45, 2.75) is 6.04 Å². The molecule has 1 saturated heterocycles. The molecule has 0 aromatic heterocycles. The van der Waals surface area contributed by atoms with Gasteiger partial charge in [-0.1, -0.05) is 35.3 Å². The van der Waals surface area contributed by atoms with Crippen LogP contribution in [0.1, 0.15) is 17.2 Å². The van der Waals surface area contributed by atoms with E-state index in [1.165, 1.54) is 12.0 Å². The van der Waals surface area contributed by atoms with E-state index in [1.807, 2.05) is 0 Å². The molecule has 1 unspecified atom stereocenters. The molecule has 7 heteroatoms. The number of rotatable bonds is 5. The van der Waals surface area contributed by atoms with E-state index in [0.29, 0.717) is 21.2 Å². The summed E-state index contributed by atoms with van der Waals surface area (Å²) in [6, 6.07) is 12.5. The van der Waals surface area contributed by atoms with Crippen molar-refractivity contribution in [1.29, 1.82) is 0 Å². The van der Waals surface area contributed by atoms with Gasteiger partial charge in [0.15, 0.2) is 0 Å². The van der Waals surface area contributed by atoms with E-state index in [2.05, 4.69) is 0 Å². The topological polar surface area (TPSA) is 66.8 Å². The Hall–Kier alpha value is -2.34. The van der Waals surface area contributed by atoms with Crippen molar-refractivity contribution in [3.05, 3.63) is 75.3 Å². The van der Waals surface area contributed by atoms with Crippen LogP contribution in [0.4, 0.5) is 0 Å². The summed E-state index contributed by atoms with van der Waals surface area (Å²) in [7, 11) is 1.52. The van der Waals surface area contributed by atoms with E-state index in [0.717, 1.165) is 0 Å². The van der Waals surface area contributed by atoms with E-state index < -0.39 is 17.7 Å². The molecule has 140 valence electrons. The largest absolute Gasteiger partial charge is 0.507 e. The molecule has 0 spiro atoms. The molecule has 0 aliphatic carbocycles. The maximum absolute atomic E-state index is 12.7. The number of benzene rings is 2. The number of aliphatic hydroxyl groups excluding tert-OH is 1. The summed E-state index contributed by atoms with van der Waals surface area (Å²) in [5, 5.41) is 11.8. The summed E-state index contributed by atoms with van der Waals surface area (Å²) < 4.78 is 5.06. The monoisotopic (exact) mass is 405 g/mol. The molecule has 1 N–H and O–H groups in total. The summed E-state index contributed by atoms with van der Waals surface area (Å²) in [5.41, 5.74) is 1.11. The predicted molar refractivity (Wildman–Crippen MR) is 104 cm³/mol. The van der Waals surface area contributed by atoms with Crippen LogP contribution in [0.2, 0.25) is 10.0 Å². The number of ether oxygens (including phenoxy) is 1. The minimum absolute atomic E-state index is 0.0285. The van der Waals surface area contributed by atoms with Gasteiger partial charge in [0.05, 0.1) is 18.2 Å². The van der Waals surface area contributed by atoms with Gasteiger partial charge < -0.3 is 14.7 Å². The van der Waals surface area contributed by atoms with Crippen molar-refractivity contribution < 1.29 is 19.4 Å². The first kappa shape index (κ1) is 19.4. The molecule has 1 atom stereocenters. The Bertz CT molecular complexity index is 891. The highest BCUT2D eigenvalue weighted by atomic mass is 35.5. The summed E-state index contributed by atoms with van der Waals surface area (Å²) in [4.78, 5) is 26.7. The number of carbonyl (C=O) groups is 2. The second kappa shape index (κ2) is 8.13. The third-order valence-corrected chi connectivity index (χ3v) is 4.88. The van der Waals surface area contributed by atoms with Gasteiger partial charge in [0.25, 0.3) is 11.7 Å². The SMILES string of the molecule is COCCN1C(=O)C(=O)/C(=C(/O)c2ccc(Cl)cc2)C1c1ccc(Cl)cc1. The van der Waals surface area contributed by atoms with Gasteiger partial charge in [-0.15, -0.1) is 0 Å². The highest BCUT2D eigenvalue weighted by Crippen LogP contribution is 2.39. The minimum atomic E-state index is -0.737. The number of carbonyl (C=O) groups excluding carboxylic acids is 2. The van der Waals surface area contributed by atoms with E-state index in [1.54, 1.807) is 48.5 Å². The lowest BCUT2D eigenvalue weighted by Gasteiger charge is -2.25. The van der Waals surface area contributed by atoms with Crippen molar-refractivity contribution in [2.75, 3.05) is 20.3 Å². The summed E-state index contributed by atoms with van der Waals surface area (Å²) in [6.45, 7) is 0.476. The molecule has 1 aliphatic rings. The summed E-state index contributed by atoms with van der Waals surface area (Å²) in [6.07, 6.45) is 0. The average Bonchev–Trinajstić information content (AvgIpc) is 2.91. The van der Waals surface area contributed by atoms with Crippen LogP contribution in [-0.2, 0) is 14.3 Å². The fraction of sp³-hybridized carbons (Fsp3) is 0.200. The molecule has 1 aliphatic heterocycles. The normalized spacial score (nSPS) is 18.9. The van der Waals surface area contributed by atoms with Crippen LogP contribution in [-0.4, -0.2) is 42.0 Å². The second-order valence-electron chi connectivity index (χ2n) is 6.04. The molecule has 27 heavy (non-hydrogen) atoms. The zero-order chi connectivity index (χ0) is 19.6. The lowest BCUT2D eigenvalue weighted by atomic mass is 9.95. The number of ketones is 1. The Balaban J connectivity index is 2.14. The van der Waals surface area contributed by atoms with Crippen molar-refractivity contribution in [2.24, 2.45) is 0 Å². The number of Topliss-reactive ketones (excluding diaryl/α,β-unsaturated/α-hetero) is 1. The number of halogens is 2. The maximum Gasteiger partial charge on any atom is 0.295 e. The summed E-state index contributed by atoms with van der Waals surface area (Å²) in [5.74, 6) is -1.66. The molecule has 1 fully saturated rings. The number of nitrogens with zero attached hydrogens (tertiary/aromatic N) is 1. The van der Waals surface area contributed by atoms with Gasteiger partial charge in [-0.05, 0) is 42.0 Å². The van der Waals surface area contributed by atoms with E-state index in [4.69, 9.17) is 27.9 Å². The highest BCUT2D eigenvalue weighted by Gasteiger charge is 2.45. The van der Waals surface area contributed by atoms with Crippen LogP contribution < -0.4 is 0 Å². The standard InChI is InChI=1S/C20H17Cl2NO4/c1-27-11-10-23-17(12-2-6-14(21)7-3-12)16(19(25)20(23)26)18(24)13-4-8-15(22)9-5-13/h2-9,17,24H,10-11H2,1H3/b18-16+. The van der Waals surface area contributed by atoms with E-state index in [9.17, 15) is 14.7 Å². The van der Waals surface area contributed by atoms with Crippen molar-refractivity contribution >= 4 is 40.7 Å². The lowest BCUT2D eigenvalue weighted by molar-refractivity contribution is -0.140. The van der Waals surface area contributed by atoms with Gasteiger partial charge in [0.1, 0.15) is 5.76 Å². The molecule has 2 aromatic rings. The molecule has 5 nitrogen and oxygen atoms in total. The van der Waals surface area contributed by atoms with Crippen molar-refractivity contribution in [3.8, 4) is 0 Å². The smallest absolute Gasteiger partial charge is 0.295 e. The average molecular weight is 406 g/mol. The fourth-order valence-electron chi connectivity index (χ4n) is 3.06. The molecule has 1 heterocycles. The molecule has 0 bridgehead atoms. The van der Waals surface area contributed by atoms with Crippen LogP contribution in [0.25, 0.3) is 5.76 Å². The van der Waals surface area contributed by atoms with E-state index in [-0.39, 0.29) is 24.5 Å². The first-order valence-electron chi connectivity index (χ1n) is 8.22. The Morgan fingerprint density at radius 1 is 1.04 bits per heavy atom. The minimum Gasteiger partial charge on any atom is -0.507 e. The Morgan fingerprint density at radius 3 is 2.15 bits per heavy atom. The molecule has 1 amide bonds. The molecular weight excluding hydrogens is 389 g/mol. The van der Waals surface area contributed by atoms with Crippen LogP contribution in [0.15, 0.2) is 54.1 Å². The zero-order valence-corrected chi connectivity index (χ0v) is 16.0. The third kappa shape index (κ3) is 3.86. The van der Waals surface area contributed by atoms with Gasteiger partial charge >= 0.3 is 0 Å². The number of hydrogen-bond donors (Lipinski definition) is 1. The Morgan fingerprint density at radius 2 is 1.59 bits per heavy atom. The highest BCUT2D eigenvalue weighted by molar-refractivity contribution is 6.46. The van der Waals surface area contributed by atoms with Gasteiger partial charge in [-0.3, -0.25) is 9.59 Å². The summed E-state index contributed by atoms with van der Waals surface area (Å²) >= 11 is 11.9. The molecular formula is C20H17Cl2NO4. The third-order valence-electron chi connectivity index (χ3n) is 4.38. The van der Waals surface area contributed by atoms with Gasteiger partial charge in [-0.2, -0.15) is 0 Å². The predicted octanol–water partition coefficient (Wildman–Crippen LogP) is 4.06. The Labute approximate surface area is 166 Å². The fourth-order valence-corrected chi connectivity index (χ4v) is 3.31. The van der Waals surface area contributed by atoms with Crippen LogP contribution in [0.3, 0.4) is 0 Å². The number of methoxy groups -OCH3 is 1. The molecule has 3 rings (SSSR count). The zero-order valence-electron chi connectivity index (χ0n) is 14.5. The number of aliphatic hydroxyl groups is 1. The Kier molecular flexibility index (Phi) is 5.85. The van der Waals surface area contributed by atoms with Crippen molar-refractivity contribution in [1.82, 2.24) is 4.90 Å². The maximum atomic E-state index is 12.7. The first-order chi connectivity index (χ1) is 12.9. The van der Waals surface area contributed by atoms with Crippen LogP contribution >= 0.6 is 23.2 Å². The van der Waals surface area contributed by atoms with Crippen molar-refractivity contribution in [3.63, 3.8) is 0 Å². The number of likely N-dealkylation sites (tertiary alicyclic amines) is 1. The van der Waals surface area contributed by atoms with Gasteiger partial charge in [0.2, 0.25) is 0 Å². The molecule has 0 radical (unpaired) electrons. The lowest BCUT2D eigenvalue weighted by Crippen LogP contribution is -2.32. The van der Waals surface area contributed by atoms with E-state index >= 15 is 0 Å². The second-order valence-corrected chi connectivity index (χ2v) is 6.92. The molecule has 0 saturated carbocycles. The van der Waals surface area contributed by atoms with Gasteiger partial charge in [-0.25, -0.2) is 0 Å². The van der Waals surface area contributed by atoms with Crippen LogP contribution in [0, 0.1) is 0 Å². The number of hydrogen-bond acceptors (Lipinski definition) is 4.